The lowest BCUT2D eigenvalue weighted by atomic mass is 10.1. The number of hydrogen-bond acceptors (Lipinski definition) is 4. The quantitative estimate of drug-likeness (QED) is 0.491. The van der Waals surface area contributed by atoms with Gasteiger partial charge in [0.05, 0.1) is 10.5 Å². The zero-order valence-electron chi connectivity index (χ0n) is 11.0. The normalized spacial score (nSPS) is 10.4. The maximum Gasteiger partial charge on any atom is 0.293 e. The van der Waals surface area contributed by atoms with Gasteiger partial charge in [-0.1, -0.05) is 5.92 Å². The van der Waals surface area contributed by atoms with E-state index >= 15 is 0 Å². The van der Waals surface area contributed by atoms with Crippen LogP contribution < -0.4 is 10.6 Å². The molecule has 0 spiro atoms. The number of carbonyl (C=O) groups excluding carboxylic acids is 1. The summed E-state index contributed by atoms with van der Waals surface area (Å²) < 4.78 is 0. The average Bonchev–Trinajstić information content (AvgIpc) is 2.37. The fourth-order valence-electron chi connectivity index (χ4n) is 1.45. The van der Waals surface area contributed by atoms with Crippen LogP contribution in [-0.4, -0.2) is 23.4 Å². The Bertz CT molecular complexity index is 559. The number of terminal acetylenes is 1. The molecule has 2 N–H and O–H groups in total. The highest BCUT2D eigenvalue weighted by Crippen LogP contribution is 2.28. The summed E-state index contributed by atoms with van der Waals surface area (Å²) in [5, 5.41) is 16.3. The predicted octanol–water partition coefficient (Wildman–Crippen LogP) is 1.78. The van der Waals surface area contributed by atoms with Crippen molar-refractivity contribution in [1.82, 2.24) is 5.32 Å². The highest BCUT2D eigenvalue weighted by atomic mass is 16.6. The lowest BCUT2D eigenvalue weighted by Crippen LogP contribution is -2.29. The van der Waals surface area contributed by atoms with Gasteiger partial charge >= 0.3 is 0 Å². The molecule has 0 fully saturated rings. The largest absolute Gasteiger partial charge is 0.364 e. The van der Waals surface area contributed by atoms with Gasteiger partial charge < -0.3 is 10.6 Å². The number of benzene rings is 1. The third-order valence-corrected chi connectivity index (χ3v) is 2.49. The SMILES string of the molecule is C#CC(C)(C)Nc1ccc(C(=O)NC)cc1[N+](=O)[O-]. The summed E-state index contributed by atoms with van der Waals surface area (Å²) in [6, 6.07) is 4.19. The molecule has 6 heteroatoms. The Morgan fingerprint density at radius 3 is 2.58 bits per heavy atom. The van der Waals surface area contributed by atoms with Crippen molar-refractivity contribution >= 4 is 17.3 Å². The Morgan fingerprint density at radius 1 is 1.47 bits per heavy atom. The number of amides is 1. The lowest BCUT2D eigenvalue weighted by molar-refractivity contribution is -0.384. The second-order valence-corrected chi connectivity index (χ2v) is 4.46. The summed E-state index contributed by atoms with van der Waals surface area (Å²) >= 11 is 0. The molecule has 0 bridgehead atoms. The third kappa shape index (κ3) is 3.45. The number of nitrogens with zero attached hydrogens (tertiary/aromatic N) is 1. The Morgan fingerprint density at radius 2 is 2.11 bits per heavy atom. The van der Waals surface area contributed by atoms with Crippen molar-refractivity contribution < 1.29 is 9.72 Å². The summed E-state index contributed by atoms with van der Waals surface area (Å²) in [6.45, 7) is 3.45. The van der Waals surface area contributed by atoms with Crippen molar-refractivity contribution in [2.75, 3.05) is 12.4 Å². The first-order chi connectivity index (χ1) is 8.80. The summed E-state index contributed by atoms with van der Waals surface area (Å²) in [5.41, 5.74) is -0.414. The Kier molecular flexibility index (Phi) is 4.12. The van der Waals surface area contributed by atoms with E-state index in [9.17, 15) is 14.9 Å². The number of nitro groups is 1. The molecule has 0 heterocycles. The molecule has 0 aliphatic heterocycles. The van der Waals surface area contributed by atoms with Crippen LogP contribution in [0.4, 0.5) is 11.4 Å². The maximum atomic E-state index is 11.5. The Balaban J connectivity index is 3.24. The van der Waals surface area contributed by atoms with Crippen LogP contribution in [0.3, 0.4) is 0 Å². The third-order valence-electron chi connectivity index (χ3n) is 2.49. The minimum absolute atomic E-state index is 0.190. The van der Waals surface area contributed by atoms with Gasteiger partial charge in [0.2, 0.25) is 0 Å². The molecule has 0 unspecified atom stereocenters. The minimum atomic E-state index is -0.723. The first-order valence-electron chi connectivity index (χ1n) is 5.57. The minimum Gasteiger partial charge on any atom is -0.364 e. The predicted molar refractivity (Wildman–Crippen MR) is 73.0 cm³/mol. The molecule has 19 heavy (non-hydrogen) atoms. The molecular weight excluding hydrogens is 246 g/mol. The number of nitro benzene ring substituents is 1. The van der Waals surface area contributed by atoms with Crippen LogP contribution in [0.2, 0.25) is 0 Å². The summed E-state index contributed by atoms with van der Waals surface area (Å²) in [6.07, 6.45) is 5.33. The van der Waals surface area contributed by atoms with Gasteiger partial charge in [-0.3, -0.25) is 14.9 Å². The number of anilines is 1. The van der Waals surface area contributed by atoms with Gasteiger partial charge in [-0.05, 0) is 26.0 Å². The van der Waals surface area contributed by atoms with Gasteiger partial charge in [0.15, 0.2) is 0 Å². The van der Waals surface area contributed by atoms with E-state index in [1.54, 1.807) is 13.8 Å². The molecule has 6 nitrogen and oxygen atoms in total. The first kappa shape index (κ1) is 14.5. The fourth-order valence-corrected chi connectivity index (χ4v) is 1.45. The van der Waals surface area contributed by atoms with Crippen LogP contribution in [0.15, 0.2) is 18.2 Å². The van der Waals surface area contributed by atoms with Crippen molar-refractivity contribution in [3.05, 3.63) is 33.9 Å². The Labute approximate surface area is 111 Å². The van der Waals surface area contributed by atoms with E-state index in [1.807, 2.05) is 0 Å². The molecule has 1 amide bonds. The standard InChI is InChI=1S/C13H15N3O3/c1-5-13(2,3)15-10-7-6-9(12(17)14-4)8-11(10)16(18)19/h1,6-8,15H,2-4H3,(H,14,17). The topological polar surface area (TPSA) is 84.3 Å². The molecule has 1 aromatic carbocycles. The van der Waals surface area contributed by atoms with Crippen LogP contribution in [0.25, 0.3) is 0 Å². The first-order valence-corrected chi connectivity index (χ1v) is 5.57. The molecule has 0 aromatic heterocycles. The maximum absolute atomic E-state index is 11.5. The zero-order valence-corrected chi connectivity index (χ0v) is 11.0. The molecule has 0 radical (unpaired) electrons. The van der Waals surface area contributed by atoms with Gasteiger partial charge in [0, 0.05) is 18.7 Å². The van der Waals surface area contributed by atoms with E-state index in [-0.39, 0.29) is 22.8 Å². The van der Waals surface area contributed by atoms with Gasteiger partial charge in [0.25, 0.3) is 11.6 Å². The molecule has 0 aliphatic carbocycles. The zero-order chi connectivity index (χ0) is 14.6. The molecule has 0 aliphatic rings. The molecule has 1 rings (SSSR count). The van der Waals surface area contributed by atoms with E-state index in [2.05, 4.69) is 16.6 Å². The fraction of sp³-hybridized carbons (Fsp3) is 0.308. The lowest BCUT2D eigenvalue weighted by Gasteiger charge is -2.21. The van der Waals surface area contributed by atoms with Crippen molar-refractivity contribution in [3.8, 4) is 12.3 Å². The molecular formula is C13H15N3O3. The van der Waals surface area contributed by atoms with Gasteiger partial charge in [-0.25, -0.2) is 0 Å². The number of hydrogen-bond donors (Lipinski definition) is 2. The molecule has 0 saturated heterocycles. The number of nitrogens with one attached hydrogen (secondary N) is 2. The highest BCUT2D eigenvalue weighted by Gasteiger charge is 2.22. The highest BCUT2D eigenvalue weighted by molar-refractivity contribution is 5.95. The van der Waals surface area contributed by atoms with Gasteiger partial charge in [-0.15, -0.1) is 6.42 Å². The number of carbonyl (C=O) groups is 1. The van der Waals surface area contributed by atoms with Gasteiger partial charge in [0.1, 0.15) is 5.69 Å². The second kappa shape index (κ2) is 5.40. The van der Waals surface area contributed by atoms with Crippen LogP contribution in [0, 0.1) is 22.5 Å². The smallest absolute Gasteiger partial charge is 0.293 e. The van der Waals surface area contributed by atoms with E-state index in [1.165, 1.54) is 25.2 Å². The van der Waals surface area contributed by atoms with E-state index in [0.29, 0.717) is 0 Å². The van der Waals surface area contributed by atoms with Crippen LogP contribution >= 0.6 is 0 Å². The van der Waals surface area contributed by atoms with Crippen LogP contribution in [-0.2, 0) is 0 Å². The molecule has 0 atom stereocenters. The van der Waals surface area contributed by atoms with E-state index in [0.717, 1.165) is 0 Å². The van der Waals surface area contributed by atoms with Crippen molar-refractivity contribution in [2.24, 2.45) is 0 Å². The molecule has 100 valence electrons. The number of rotatable bonds is 4. The van der Waals surface area contributed by atoms with E-state index in [4.69, 9.17) is 6.42 Å². The van der Waals surface area contributed by atoms with Crippen molar-refractivity contribution in [1.29, 1.82) is 0 Å². The Hall–Kier alpha value is -2.55. The second-order valence-electron chi connectivity index (χ2n) is 4.46. The summed E-state index contributed by atoms with van der Waals surface area (Å²) in [7, 11) is 1.46. The summed E-state index contributed by atoms with van der Waals surface area (Å²) in [4.78, 5) is 21.9. The van der Waals surface area contributed by atoms with Crippen molar-refractivity contribution in [2.45, 2.75) is 19.4 Å². The van der Waals surface area contributed by atoms with E-state index < -0.39 is 10.5 Å². The summed E-state index contributed by atoms with van der Waals surface area (Å²) in [5.74, 6) is 2.11. The van der Waals surface area contributed by atoms with Crippen LogP contribution in [0.5, 0.6) is 0 Å². The average molecular weight is 261 g/mol. The van der Waals surface area contributed by atoms with Gasteiger partial charge in [-0.2, -0.15) is 0 Å². The molecule has 1 aromatic rings. The van der Waals surface area contributed by atoms with Crippen molar-refractivity contribution in [3.63, 3.8) is 0 Å². The molecule has 0 saturated carbocycles. The monoisotopic (exact) mass is 261 g/mol. The van der Waals surface area contributed by atoms with Crippen LogP contribution in [0.1, 0.15) is 24.2 Å².